The molecule has 1 aliphatic rings. The molecule has 1 aliphatic heterocycles. The second-order valence-electron chi connectivity index (χ2n) is 6.12. The number of benzene rings is 1. The normalized spacial score (nSPS) is 13.7. The Morgan fingerprint density at radius 1 is 1.32 bits per heavy atom. The fourth-order valence-corrected chi connectivity index (χ4v) is 4.28. The van der Waals surface area contributed by atoms with Gasteiger partial charge in [0, 0.05) is 12.2 Å². The van der Waals surface area contributed by atoms with Crippen molar-refractivity contribution in [1.82, 2.24) is 20.2 Å². The number of aromatic nitrogens is 4. The molecule has 2 aromatic heterocycles. The van der Waals surface area contributed by atoms with Crippen LogP contribution in [0.15, 0.2) is 51.1 Å². The number of rotatable bonds is 6. The van der Waals surface area contributed by atoms with E-state index in [2.05, 4.69) is 15.5 Å². The first kappa shape index (κ1) is 18.7. The third kappa shape index (κ3) is 3.79. The van der Waals surface area contributed by atoms with Gasteiger partial charge in [-0.15, -0.1) is 5.10 Å². The maximum absolute atomic E-state index is 12.7. The van der Waals surface area contributed by atoms with E-state index in [-0.39, 0.29) is 16.6 Å². The Morgan fingerprint density at radius 2 is 2.18 bits per heavy atom. The summed E-state index contributed by atoms with van der Waals surface area (Å²) < 4.78 is 29.8. The summed E-state index contributed by atoms with van der Waals surface area (Å²) in [5.74, 6) is 0.744. The topological polar surface area (TPSA) is 137 Å². The molecule has 12 heteroatoms. The van der Waals surface area contributed by atoms with E-state index in [4.69, 9.17) is 9.56 Å². The van der Waals surface area contributed by atoms with Crippen molar-refractivity contribution in [3.63, 3.8) is 0 Å². The molecule has 0 aliphatic carbocycles. The Labute approximate surface area is 164 Å². The van der Waals surface area contributed by atoms with Crippen molar-refractivity contribution in [2.75, 3.05) is 17.2 Å². The van der Waals surface area contributed by atoms with Gasteiger partial charge in [-0.1, -0.05) is 11.8 Å². The fraction of sp³-hybridized carbons (Fsp3) is 0.250. The molecule has 146 valence electrons. The largest absolute Gasteiger partial charge is 0.467 e. The lowest BCUT2D eigenvalue weighted by atomic mass is 10.2. The van der Waals surface area contributed by atoms with Crippen LogP contribution in [0.2, 0.25) is 0 Å². The number of nitrogens with zero attached hydrogens (tertiary/aromatic N) is 5. The number of carbonyl (C=O) groups is 1. The van der Waals surface area contributed by atoms with E-state index in [0.29, 0.717) is 36.1 Å². The van der Waals surface area contributed by atoms with Crippen molar-refractivity contribution in [3.05, 3.63) is 47.9 Å². The zero-order valence-electron chi connectivity index (χ0n) is 14.6. The number of tetrazole rings is 1. The highest BCUT2D eigenvalue weighted by atomic mass is 32.2. The van der Waals surface area contributed by atoms with Gasteiger partial charge in [-0.25, -0.2) is 18.2 Å². The number of primary sulfonamides is 1. The minimum absolute atomic E-state index is 0.0482. The number of thioether (sulfide) groups is 1. The smallest absolute Gasteiger partial charge is 0.238 e. The number of furan rings is 1. The molecule has 0 saturated carbocycles. The number of hydrogen-bond donors (Lipinski definition) is 1. The summed E-state index contributed by atoms with van der Waals surface area (Å²) in [5.41, 5.74) is 1.49. The fourth-order valence-electron chi connectivity index (χ4n) is 2.97. The third-order valence-electron chi connectivity index (χ3n) is 4.29. The molecule has 0 fully saturated rings. The predicted molar refractivity (Wildman–Crippen MR) is 100 cm³/mol. The summed E-state index contributed by atoms with van der Waals surface area (Å²) in [7, 11) is -3.77. The number of sulfonamides is 1. The van der Waals surface area contributed by atoms with Gasteiger partial charge >= 0.3 is 0 Å². The molecule has 0 saturated heterocycles. The minimum Gasteiger partial charge on any atom is -0.467 e. The van der Waals surface area contributed by atoms with Crippen LogP contribution in [0.1, 0.15) is 11.3 Å². The van der Waals surface area contributed by atoms with E-state index in [9.17, 15) is 13.2 Å². The highest BCUT2D eigenvalue weighted by Gasteiger charge is 2.26. The molecule has 28 heavy (non-hydrogen) atoms. The van der Waals surface area contributed by atoms with Crippen molar-refractivity contribution in [1.29, 1.82) is 0 Å². The van der Waals surface area contributed by atoms with Gasteiger partial charge in [0.15, 0.2) is 0 Å². The quantitative estimate of drug-likeness (QED) is 0.574. The van der Waals surface area contributed by atoms with Crippen LogP contribution in [0.4, 0.5) is 5.69 Å². The second kappa shape index (κ2) is 7.37. The summed E-state index contributed by atoms with van der Waals surface area (Å²) in [5, 5.41) is 17.2. The first-order valence-corrected chi connectivity index (χ1v) is 10.8. The lowest BCUT2D eigenvalue weighted by Gasteiger charge is -2.17. The average Bonchev–Trinajstić information content (AvgIpc) is 3.40. The number of anilines is 1. The molecule has 4 rings (SSSR count). The summed E-state index contributed by atoms with van der Waals surface area (Å²) in [6, 6.07) is 8.15. The van der Waals surface area contributed by atoms with Crippen LogP contribution in [0, 0.1) is 0 Å². The van der Waals surface area contributed by atoms with Gasteiger partial charge in [0.05, 0.1) is 16.9 Å². The van der Waals surface area contributed by atoms with Crippen molar-refractivity contribution >= 4 is 33.4 Å². The van der Waals surface area contributed by atoms with E-state index < -0.39 is 10.0 Å². The highest BCUT2D eigenvalue weighted by Crippen LogP contribution is 2.31. The molecule has 0 radical (unpaired) electrons. The number of fused-ring (bicyclic) bond motifs is 1. The van der Waals surface area contributed by atoms with E-state index in [1.54, 1.807) is 28.0 Å². The molecular weight excluding hydrogens is 404 g/mol. The molecule has 2 N–H and O–H groups in total. The van der Waals surface area contributed by atoms with Crippen molar-refractivity contribution in [2.24, 2.45) is 5.14 Å². The Bertz CT molecular complexity index is 1110. The van der Waals surface area contributed by atoms with Gasteiger partial charge in [0.2, 0.25) is 21.1 Å². The van der Waals surface area contributed by atoms with E-state index >= 15 is 0 Å². The monoisotopic (exact) mass is 420 g/mol. The van der Waals surface area contributed by atoms with Crippen LogP contribution >= 0.6 is 11.8 Å². The lowest BCUT2D eigenvalue weighted by Crippen LogP contribution is -2.30. The van der Waals surface area contributed by atoms with Crippen LogP contribution in [-0.2, 0) is 27.8 Å². The molecule has 3 heterocycles. The summed E-state index contributed by atoms with van der Waals surface area (Å²) in [4.78, 5) is 14.4. The van der Waals surface area contributed by atoms with Crippen LogP contribution in [0.25, 0.3) is 0 Å². The summed E-state index contributed by atoms with van der Waals surface area (Å²) in [6.07, 6.45) is 2.15. The van der Waals surface area contributed by atoms with Gasteiger partial charge in [-0.3, -0.25) is 4.79 Å². The molecule has 3 aromatic rings. The molecule has 1 amide bonds. The molecule has 10 nitrogen and oxygen atoms in total. The molecule has 0 bridgehead atoms. The van der Waals surface area contributed by atoms with E-state index in [0.717, 1.165) is 5.56 Å². The van der Waals surface area contributed by atoms with E-state index in [1.807, 2.05) is 6.07 Å². The van der Waals surface area contributed by atoms with Gasteiger partial charge in [0.1, 0.15) is 12.3 Å². The van der Waals surface area contributed by atoms with Gasteiger partial charge < -0.3 is 9.32 Å². The zero-order valence-corrected chi connectivity index (χ0v) is 16.2. The molecule has 1 aromatic carbocycles. The number of amides is 1. The molecule has 0 spiro atoms. The Morgan fingerprint density at radius 3 is 2.93 bits per heavy atom. The highest BCUT2D eigenvalue weighted by molar-refractivity contribution is 7.99. The first-order chi connectivity index (χ1) is 13.4. The molecule has 0 unspecified atom stereocenters. The zero-order chi connectivity index (χ0) is 19.7. The number of hydrogen-bond acceptors (Lipinski definition) is 8. The van der Waals surface area contributed by atoms with Crippen LogP contribution in [0.3, 0.4) is 0 Å². The van der Waals surface area contributed by atoms with Crippen molar-refractivity contribution in [2.45, 2.75) is 23.0 Å². The Balaban J connectivity index is 1.43. The number of nitrogens with two attached hydrogens (primary N) is 1. The standard InChI is InChI=1S/C16H16N6O4S2/c17-28(24,25)13-3-4-14-11(8-13)5-6-21(14)15(23)10-27-16-18-19-20-22(16)9-12-2-1-7-26-12/h1-4,7-8H,5-6,9-10H2,(H2,17,24,25). The van der Waals surface area contributed by atoms with Crippen LogP contribution in [0.5, 0.6) is 0 Å². The van der Waals surface area contributed by atoms with E-state index in [1.165, 1.54) is 23.9 Å². The number of carbonyl (C=O) groups excluding carboxylic acids is 1. The van der Waals surface area contributed by atoms with Crippen LogP contribution in [-0.4, -0.2) is 46.8 Å². The predicted octanol–water partition coefficient (Wildman–Crippen LogP) is 0.643. The SMILES string of the molecule is NS(=O)(=O)c1ccc2c(c1)CCN2C(=O)CSc1nnnn1Cc1ccco1. The summed E-state index contributed by atoms with van der Waals surface area (Å²) in [6.45, 7) is 0.861. The maximum atomic E-state index is 12.7. The Hall–Kier alpha value is -2.70. The van der Waals surface area contributed by atoms with Gasteiger partial charge in [-0.2, -0.15) is 0 Å². The Kier molecular flexibility index (Phi) is 4.91. The van der Waals surface area contributed by atoms with Gasteiger partial charge in [0.25, 0.3) is 0 Å². The third-order valence-corrected chi connectivity index (χ3v) is 6.14. The van der Waals surface area contributed by atoms with Crippen LogP contribution < -0.4 is 10.0 Å². The van der Waals surface area contributed by atoms with Crippen molar-refractivity contribution in [3.8, 4) is 0 Å². The lowest BCUT2D eigenvalue weighted by molar-refractivity contribution is -0.116. The maximum Gasteiger partial charge on any atom is 0.238 e. The average molecular weight is 420 g/mol. The minimum atomic E-state index is -3.77. The van der Waals surface area contributed by atoms with Crippen molar-refractivity contribution < 1.29 is 17.6 Å². The first-order valence-electron chi connectivity index (χ1n) is 8.29. The summed E-state index contributed by atoms with van der Waals surface area (Å²) >= 11 is 1.23. The molecule has 0 atom stereocenters. The van der Waals surface area contributed by atoms with Gasteiger partial charge in [-0.05, 0) is 52.7 Å². The second-order valence-corrected chi connectivity index (χ2v) is 8.62. The molecular formula is C16H16N6O4S2.